The molecule has 37 heavy (non-hydrogen) atoms. The minimum atomic E-state index is -4.95. The van der Waals surface area contributed by atoms with Crippen LogP contribution < -0.4 is 17.2 Å². The number of hydrogen-bond donors (Lipinski definition) is 4. The highest BCUT2D eigenvalue weighted by Crippen LogP contribution is 2.45. The van der Waals surface area contributed by atoms with E-state index >= 15 is 0 Å². The number of halogens is 4. The average Bonchev–Trinajstić information content (AvgIpc) is 2.84. The Labute approximate surface area is 218 Å². The van der Waals surface area contributed by atoms with Gasteiger partial charge in [-0.15, -0.1) is 0 Å². The normalized spacial score (nSPS) is 16.1. The summed E-state index contributed by atoms with van der Waals surface area (Å²) in [5.41, 5.74) is 15.5. The maximum absolute atomic E-state index is 14.0. The molecule has 1 rings (SSSR count). The predicted octanol–water partition coefficient (Wildman–Crippen LogP) is 7.17. The van der Waals surface area contributed by atoms with Crippen molar-refractivity contribution in [1.82, 2.24) is 0 Å². The minimum absolute atomic E-state index is 0.179. The molecule has 0 aromatic heterocycles. The Hall–Kier alpha value is -3.26. The van der Waals surface area contributed by atoms with Gasteiger partial charge >= 0.3 is 6.18 Å². The Balaban J connectivity index is 0.00000631. The number of aliphatic hydroxyl groups is 1. The fourth-order valence-corrected chi connectivity index (χ4v) is 3.79. The second kappa shape index (κ2) is 15.8. The zero-order valence-electron chi connectivity index (χ0n) is 22.3. The van der Waals surface area contributed by atoms with Crippen LogP contribution in [-0.4, -0.2) is 16.9 Å². The molecule has 0 bridgehead atoms. The second-order valence-corrected chi connectivity index (χ2v) is 8.88. The van der Waals surface area contributed by atoms with Gasteiger partial charge in [-0.1, -0.05) is 82.3 Å². The van der Waals surface area contributed by atoms with Gasteiger partial charge in [-0.25, -0.2) is 4.39 Å². The van der Waals surface area contributed by atoms with E-state index in [0.29, 0.717) is 23.2 Å². The SMILES string of the molecule is CC.C\C=C(/C=C\C=C\F)C(C)(C)CC(O)(C/C(N)=C/C(=C/N)C/C=C(\N)c1ccccc1)C(F)(F)F. The van der Waals surface area contributed by atoms with E-state index < -0.39 is 30.0 Å². The molecule has 7 N–H and O–H groups in total. The Kier molecular flexibility index (Phi) is 14.4. The molecule has 8 heteroatoms. The molecule has 4 nitrogen and oxygen atoms in total. The minimum Gasteiger partial charge on any atom is -0.404 e. The van der Waals surface area contributed by atoms with Crippen molar-refractivity contribution in [2.45, 2.75) is 65.7 Å². The van der Waals surface area contributed by atoms with Gasteiger partial charge in [-0.2, -0.15) is 13.2 Å². The van der Waals surface area contributed by atoms with Gasteiger partial charge in [0.05, 0.1) is 6.33 Å². The monoisotopic (exact) mass is 523 g/mol. The first-order chi connectivity index (χ1) is 17.3. The maximum Gasteiger partial charge on any atom is 0.417 e. The molecule has 0 heterocycles. The predicted molar refractivity (Wildman–Crippen MR) is 146 cm³/mol. The number of benzene rings is 1. The molecule has 0 saturated carbocycles. The topological polar surface area (TPSA) is 98.3 Å². The largest absolute Gasteiger partial charge is 0.417 e. The second-order valence-electron chi connectivity index (χ2n) is 8.88. The fraction of sp³-hybridized carbons (Fsp3) is 0.379. The average molecular weight is 524 g/mol. The van der Waals surface area contributed by atoms with Gasteiger partial charge in [0.1, 0.15) is 0 Å². The van der Waals surface area contributed by atoms with Crippen molar-refractivity contribution in [3.8, 4) is 0 Å². The van der Waals surface area contributed by atoms with E-state index in [0.717, 1.165) is 11.6 Å². The maximum atomic E-state index is 14.0. The summed E-state index contributed by atoms with van der Waals surface area (Å²) in [6.07, 6.45) is 3.97. The fourth-order valence-electron chi connectivity index (χ4n) is 3.79. The third-order valence-corrected chi connectivity index (χ3v) is 5.56. The first-order valence-corrected chi connectivity index (χ1v) is 12.1. The molecule has 0 radical (unpaired) electrons. The lowest BCUT2D eigenvalue weighted by Gasteiger charge is -2.38. The summed E-state index contributed by atoms with van der Waals surface area (Å²) >= 11 is 0. The van der Waals surface area contributed by atoms with Crippen LogP contribution in [0.2, 0.25) is 0 Å². The quantitative estimate of drug-likeness (QED) is 0.182. The van der Waals surface area contributed by atoms with Crippen LogP contribution in [0.25, 0.3) is 5.70 Å². The zero-order valence-corrected chi connectivity index (χ0v) is 22.3. The Morgan fingerprint density at radius 2 is 1.62 bits per heavy atom. The highest BCUT2D eigenvalue weighted by molar-refractivity contribution is 5.62. The van der Waals surface area contributed by atoms with E-state index in [2.05, 4.69) is 0 Å². The van der Waals surface area contributed by atoms with E-state index in [4.69, 9.17) is 17.2 Å². The van der Waals surface area contributed by atoms with Gasteiger partial charge in [0.2, 0.25) is 0 Å². The van der Waals surface area contributed by atoms with Crippen molar-refractivity contribution in [3.05, 3.63) is 102 Å². The standard InChI is InChI=1S/C27H35F4N3O.C2H6/c1-4-22(12-8-9-15-28)25(2,3)19-26(35,27(29,30)31)17-23(33)16-20(18-32)13-14-24(34)21-10-6-5-7-11-21;1-2/h4-12,14-16,18,35H,13,17,19,32-34H2,1-3H3;1-2H3/b12-8-,15-9+,20-18+,22-4+,23-16-,24-14-;. The lowest BCUT2D eigenvalue weighted by molar-refractivity contribution is -0.267. The molecular weight excluding hydrogens is 482 g/mol. The van der Waals surface area contributed by atoms with Crippen molar-refractivity contribution >= 4 is 5.70 Å². The molecule has 0 saturated heterocycles. The van der Waals surface area contributed by atoms with Crippen molar-refractivity contribution in [1.29, 1.82) is 0 Å². The van der Waals surface area contributed by atoms with Crippen molar-refractivity contribution in [2.75, 3.05) is 0 Å². The molecular formula is C29H41F4N3O. The van der Waals surface area contributed by atoms with E-state index in [-0.39, 0.29) is 12.1 Å². The molecule has 0 fully saturated rings. The summed E-state index contributed by atoms with van der Waals surface area (Å²) in [4.78, 5) is 0. The molecule has 1 aromatic rings. The summed E-state index contributed by atoms with van der Waals surface area (Å²) < 4.78 is 54.4. The molecule has 0 aliphatic carbocycles. The molecule has 1 unspecified atom stereocenters. The summed E-state index contributed by atoms with van der Waals surface area (Å²) in [6.45, 7) is 8.81. The van der Waals surface area contributed by atoms with Crippen LogP contribution in [0.5, 0.6) is 0 Å². The molecule has 0 aliphatic heterocycles. The smallest absolute Gasteiger partial charge is 0.404 e. The summed E-state index contributed by atoms with van der Waals surface area (Å²) in [7, 11) is 0. The van der Waals surface area contributed by atoms with Crippen LogP contribution in [0.15, 0.2) is 96.2 Å². The van der Waals surface area contributed by atoms with Crippen molar-refractivity contribution in [2.24, 2.45) is 22.6 Å². The van der Waals surface area contributed by atoms with Gasteiger partial charge < -0.3 is 22.3 Å². The highest BCUT2D eigenvalue weighted by Gasteiger charge is 2.56. The number of nitrogens with two attached hydrogens (primary N) is 3. The van der Waals surface area contributed by atoms with E-state index in [1.54, 1.807) is 32.9 Å². The van der Waals surface area contributed by atoms with Crippen molar-refractivity contribution < 1.29 is 22.7 Å². The number of alkyl halides is 3. The third kappa shape index (κ3) is 11.1. The molecule has 1 atom stereocenters. The first-order valence-electron chi connectivity index (χ1n) is 12.1. The lowest BCUT2D eigenvalue weighted by atomic mass is 9.72. The first kappa shape index (κ1) is 33.7. The third-order valence-electron chi connectivity index (χ3n) is 5.56. The van der Waals surface area contributed by atoms with Gasteiger partial charge in [0.15, 0.2) is 5.60 Å². The Bertz CT molecular complexity index is 1000. The van der Waals surface area contributed by atoms with Gasteiger partial charge in [0.25, 0.3) is 0 Å². The van der Waals surface area contributed by atoms with Crippen LogP contribution in [0, 0.1) is 5.41 Å². The Morgan fingerprint density at radius 3 is 2.11 bits per heavy atom. The van der Waals surface area contributed by atoms with Crippen LogP contribution >= 0.6 is 0 Å². The van der Waals surface area contributed by atoms with Crippen molar-refractivity contribution in [3.63, 3.8) is 0 Å². The highest BCUT2D eigenvalue weighted by atomic mass is 19.4. The number of allylic oxidation sites excluding steroid dienone is 8. The summed E-state index contributed by atoms with van der Waals surface area (Å²) in [6, 6.07) is 9.18. The molecule has 0 aliphatic rings. The summed E-state index contributed by atoms with van der Waals surface area (Å²) in [5.74, 6) is 0. The number of rotatable bonds is 11. The molecule has 0 amide bonds. The lowest BCUT2D eigenvalue weighted by Crippen LogP contribution is -2.49. The molecule has 1 aromatic carbocycles. The van der Waals surface area contributed by atoms with E-state index in [9.17, 15) is 22.7 Å². The van der Waals surface area contributed by atoms with Gasteiger partial charge in [-0.3, -0.25) is 0 Å². The van der Waals surface area contributed by atoms with E-state index in [1.165, 1.54) is 24.4 Å². The van der Waals surface area contributed by atoms with Gasteiger partial charge in [-0.05, 0) is 60.2 Å². The van der Waals surface area contributed by atoms with Gasteiger partial charge in [0, 0.05) is 17.8 Å². The Morgan fingerprint density at radius 1 is 1.03 bits per heavy atom. The zero-order chi connectivity index (χ0) is 28.7. The molecule has 206 valence electrons. The van der Waals surface area contributed by atoms with E-state index in [1.807, 2.05) is 44.2 Å². The van der Waals surface area contributed by atoms with Crippen LogP contribution in [0.1, 0.15) is 59.4 Å². The van der Waals surface area contributed by atoms with Crippen LogP contribution in [0.3, 0.4) is 0 Å². The van der Waals surface area contributed by atoms with Crippen LogP contribution in [0.4, 0.5) is 17.6 Å². The van der Waals surface area contributed by atoms with Crippen LogP contribution in [-0.2, 0) is 0 Å². The molecule has 0 spiro atoms. The number of hydrogen-bond acceptors (Lipinski definition) is 4. The summed E-state index contributed by atoms with van der Waals surface area (Å²) in [5, 5.41) is 10.8.